The number of carbonyl (C=O) groups excluding carboxylic acids is 1. The van der Waals surface area contributed by atoms with E-state index in [1.807, 2.05) is 0 Å². The second kappa shape index (κ2) is 5.15. The summed E-state index contributed by atoms with van der Waals surface area (Å²) in [6.07, 6.45) is 4.98. The third-order valence-corrected chi connectivity index (χ3v) is 3.89. The number of piperidine rings is 1. The zero-order valence-corrected chi connectivity index (χ0v) is 9.80. The van der Waals surface area contributed by atoms with Gasteiger partial charge in [0.2, 0.25) is 5.91 Å². The van der Waals surface area contributed by atoms with Gasteiger partial charge in [0.25, 0.3) is 0 Å². The molecular formula is C12H22N2O2. The van der Waals surface area contributed by atoms with Gasteiger partial charge in [0.1, 0.15) is 0 Å². The van der Waals surface area contributed by atoms with E-state index < -0.39 is 0 Å². The monoisotopic (exact) mass is 226 g/mol. The van der Waals surface area contributed by atoms with E-state index in [0.717, 1.165) is 38.8 Å². The van der Waals surface area contributed by atoms with E-state index in [9.17, 15) is 4.79 Å². The molecule has 0 radical (unpaired) electrons. The lowest BCUT2D eigenvalue weighted by Crippen LogP contribution is -2.35. The van der Waals surface area contributed by atoms with Crippen molar-refractivity contribution < 1.29 is 9.90 Å². The van der Waals surface area contributed by atoms with Gasteiger partial charge in [-0.05, 0) is 44.7 Å². The number of amides is 1. The van der Waals surface area contributed by atoms with Crippen LogP contribution >= 0.6 is 0 Å². The van der Waals surface area contributed by atoms with Crippen LogP contribution in [0.1, 0.15) is 32.1 Å². The van der Waals surface area contributed by atoms with Crippen molar-refractivity contribution >= 4 is 5.91 Å². The number of nitrogens with one attached hydrogen (secondary N) is 2. The van der Waals surface area contributed by atoms with Crippen molar-refractivity contribution in [2.75, 3.05) is 26.2 Å². The lowest BCUT2D eigenvalue weighted by Gasteiger charge is -2.22. The van der Waals surface area contributed by atoms with Crippen molar-refractivity contribution in [2.24, 2.45) is 11.3 Å². The molecule has 4 nitrogen and oxygen atoms in total. The van der Waals surface area contributed by atoms with Gasteiger partial charge < -0.3 is 15.7 Å². The van der Waals surface area contributed by atoms with Gasteiger partial charge in [-0.25, -0.2) is 0 Å². The summed E-state index contributed by atoms with van der Waals surface area (Å²) in [5.41, 5.74) is 0.0315. The highest BCUT2D eigenvalue weighted by Gasteiger charge is 2.42. The summed E-state index contributed by atoms with van der Waals surface area (Å²) in [4.78, 5) is 11.7. The normalized spacial score (nSPS) is 24.1. The Morgan fingerprint density at radius 2 is 2.06 bits per heavy atom. The Hall–Kier alpha value is -0.610. The molecule has 0 bridgehead atoms. The summed E-state index contributed by atoms with van der Waals surface area (Å²) in [7, 11) is 0. The maximum absolute atomic E-state index is 11.7. The summed E-state index contributed by atoms with van der Waals surface area (Å²) in [5.74, 6) is 0.706. The largest absolute Gasteiger partial charge is 0.396 e. The lowest BCUT2D eigenvalue weighted by molar-refractivity contribution is -0.122. The summed E-state index contributed by atoms with van der Waals surface area (Å²) in [6.45, 7) is 2.95. The smallest absolute Gasteiger partial charge is 0.220 e. The summed E-state index contributed by atoms with van der Waals surface area (Å²) < 4.78 is 0. The van der Waals surface area contributed by atoms with E-state index in [2.05, 4.69) is 10.6 Å². The molecule has 0 aromatic heterocycles. The molecule has 1 heterocycles. The van der Waals surface area contributed by atoms with Crippen molar-refractivity contribution in [3.63, 3.8) is 0 Å². The van der Waals surface area contributed by atoms with Gasteiger partial charge in [-0.3, -0.25) is 4.79 Å². The third-order valence-electron chi connectivity index (χ3n) is 3.89. The molecule has 0 unspecified atom stereocenters. The minimum Gasteiger partial charge on any atom is -0.396 e. The number of aliphatic hydroxyl groups excluding tert-OH is 1. The molecule has 0 spiro atoms. The van der Waals surface area contributed by atoms with Gasteiger partial charge in [0, 0.05) is 18.4 Å². The van der Waals surface area contributed by atoms with Gasteiger partial charge >= 0.3 is 0 Å². The molecule has 2 rings (SSSR count). The molecule has 1 aliphatic heterocycles. The van der Waals surface area contributed by atoms with Crippen LogP contribution in [0.4, 0.5) is 0 Å². The van der Waals surface area contributed by atoms with Crippen LogP contribution in [0.15, 0.2) is 0 Å². The van der Waals surface area contributed by atoms with E-state index >= 15 is 0 Å². The zero-order valence-electron chi connectivity index (χ0n) is 9.80. The summed E-state index contributed by atoms with van der Waals surface area (Å²) in [6, 6.07) is 0. The van der Waals surface area contributed by atoms with E-state index in [-0.39, 0.29) is 17.9 Å². The average molecular weight is 226 g/mol. The summed E-state index contributed by atoms with van der Waals surface area (Å²) in [5, 5.41) is 15.4. The fourth-order valence-electron chi connectivity index (χ4n) is 2.27. The predicted octanol–water partition coefficient (Wildman–Crippen LogP) is 0.265. The van der Waals surface area contributed by atoms with Crippen LogP contribution in [0.5, 0.6) is 0 Å². The first-order chi connectivity index (χ1) is 7.74. The van der Waals surface area contributed by atoms with Gasteiger partial charge in [-0.1, -0.05) is 0 Å². The molecule has 1 saturated carbocycles. The van der Waals surface area contributed by atoms with E-state index in [0.29, 0.717) is 18.9 Å². The quantitative estimate of drug-likeness (QED) is 0.630. The number of aliphatic hydroxyl groups is 1. The predicted molar refractivity (Wildman–Crippen MR) is 62.0 cm³/mol. The molecule has 16 heavy (non-hydrogen) atoms. The first-order valence-corrected chi connectivity index (χ1v) is 6.32. The number of hydrogen-bond acceptors (Lipinski definition) is 3. The van der Waals surface area contributed by atoms with Gasteiger partial charge in [-0.2, -0.15) is 0 Å². The first kappa shape index (κ1) is 11.9. The Morgan fingerprint density at radius 1 is 1.38 bits per heavy atom. The van der Waals surface area contributed by atoms with Crippen molar-refractivity contribution in [3.8, 4) is 0 Å². The van der Waals surface area contributed by atoms with Crippen LogP contribution < -0.4 is 10.6 Å². The Balaban J connectivity index is 1.64. The minimum absolute atomic E-state index is 0.0315. The minimum atomic E-state index is 0.0315. The Kier molecular flexibility index (Phi) is 3.82. The zero-order chi connectivity index (χ0) is 11.4. The van der Waals surface area contributed by atoms with E-state index in [1.54, 1.807) is 0 Å². The third kappa shape index (κ3) is 3.19. The molecule has 3 N–H and O–H groups in total. The Morgan fingerprint density at radius 3 is 2.62 bits per heavy atom. The van der Waals surface area contributed by atoms with Crippen molar-refractivity contribution in [3.05, 3.63) is 0 Å². The SMILES string of the molecule is O=C(CC1CCNCC1)NCC1(CO)CC1. The molecule has 0 aromatic rings. The molecule has 2 fully saturated rings. The second-order valence-electron chi connectivity index (χ2n) is 5.33. The molecule has 0 aromatic carbocycles. The first-order valence-electron chi connectivity index (χ1n) is 6.32. The molecule has 1 amide bonds. The molecule has 1 saturated heterocycles. The van der Waals surface area contributed by atoms with Crippen molar-refractivity contribution in [1.82, 2.24) is 10.6 Å². The van der Waals surface area contributed by atoms with Crippen molar-refractivity contribution in [1.29, 1.82) is 0 Å². The van der Waals surface area contributed by atoms with E-state index in [1.165, 1.54) is 0 Å². The standard InChI is InChI=1S/C12H22N2O2/c15-9-12(3-4-12)8-14-11(16)7-10-1-5-13-6-2-10/h10,13,15H,1-9H2,(H,14,16). The van der Waals surface area contributed by atoms with Crippen LogP contribution in [-0.4, -0.2) is 37.3 Å². The van der Waals surface area contributed by atoms with Gasteiger partial charge in [-0.15, -0.1) is 0 Å². The fourth-order valence-corrected chi connectivity index (χ4v) is 2.27. The molecule has 0 atom stereocenters. The Bertz CT molecular complexity index is 245. The highest BCUT2D eigenvalue weighted by Crippen LogP contribution is 2.44. The van der Waals surface area contributed by atoms with Crippen LogP contribution in [0.2, 0.25) is 0 Å². The van der Waals surface area contributed by atoms with Crippen LogP contribution in [-0.2, 0) is 4.79 Å². The van der Waals surface area contributed by atoms with E-state index in [4.69, 9.17) is 5.11 Å². The highest BCUT2D eigenvalue weighted by atomic mass is 16.3. The molecular weight excluding hydrogens is 204 g/mol. The molecule has 4 heteroatoms. The summed E-state index contributed by atoms with van der Waals surface area (Å²) >= 11 is 0. The molecule has 2 aliphatic rings. The number of hydrogen-bond donors (Lipinski definition) is 3. The molecule has 1 aliphatic carbocycles. The van der Waals surface area contributed by atoms with Crippen molar-refractivity contribution in [2.45, 2.75) is 32.1 Å². The average Bonchev–Trinajstić information content (AvgIpc) is 3.09. The number of rotatable bonds is 5. The Labute approximate surface area is 96.8 Å². The topological polar surface area (TPSA) is 61.4 Å². The lowest BCUT2D eigenvalue weighted by atomic mass is 9.94. The van der Waals surface area contributed by atoms with Crippen LogP contribution in [0, 0.1) is 11.3 Å². The number of carbonyl (C=O) groups is 1. The van der Waals surface area contributed by atoms with Gasteiger partial charge in [0.15, 0.2) is 0 Å². The van der Waals surface area contributed by atoms with Crippen LogP contribution in [0.3, 0.4) is 0 Å². The maximum Gasteiger partial charge on any atom is 0.220 e. The fraction of sp³-hybridized carbons (Fsp3) is 0.917. The van der Waals surface area contributed by atoms with Gasteiger partial charge in [0.05, 0.1) is 6.61 Å². The second-order valence-corrected chi connectivity index (χ2v) is 5.33. The molecule has 92 valence electrons. The highest BCUT2D eigenvalue weighted by molar-refractivity contribution is 5.76. The van der Waals surface area contributed by atoms with Crippen LogP contribution in [0.25, 0.3) is 0 Å². The maximum atomic E-state index is 11.7.